The summed E-state index contributed by atoms with van der Waals surface area (Å²) >= 11 is 2.38. The van der Waals surface area contributed by atoms with E-state index >= 15 is 0 Å². The van der Waals surface area contributed by atoms with Gasteiger partial charge in [0.25, 0.3) is 0 Å². The Balaban J connectivity index is 1.43. The average molecular weight is 615 g/mol. The number of aryl methyl sites for hydroxylation is 1. The number of carbonyl (C=O) groups excluding carboxylic acids is 2. The molecule has 5 rings (SSSR count). The molecule has 220 valence electrons. The molecule has 1 unspecified atom stereocenters. The Kier molecular flexibility index (Phi) is 8.39. The van der Waals surface area contributed by atoms with Crippen molar-refractivity contribution < 1.29 is 19.5 Å². The Morgan fingerprint density at radius 3 is 2.63 bits per heavy atom. The highest BCUT2D eigenvalue weighted by Crippen LogP contribution is 2.50. The molecular weight excluding hydrogens is 585 g/mol. The third-order valence-electron chi connectivity index (χ3n) is 7.41. The highest BCUT2D eigenvalue weighted by Gasteiger charge is 2.45. The monoisotopic (exact) mass is 614 g/mol. The van der Waals surface area contributed by atoms with Gasteiger partial charge in [0.05, 0.1) is 28.9 Å². The van der Waals surface area contributed by atoms with Crippen LogP contribution in [0.4, 0.5) is 10.8 Å². The van der Waals surface area contributed by atoms with E-state index in [9.17, 15) is 24.8 Å². The molecule has 3 aromatic rings. The first-order valence-corrected chi connectivity index (χ1v) is 15.5. The van der Waals surface area contributed by atoms with Crippen LogP contribution in [-0.2, 0) is 16.0 Å². The first-order valence-electron chi connectivity index (χ1n) is 13.7. The predicted molar refractivity (Wildman–Crippen MR) is 166 cm³/mol. The largest absolute Gasteiger partial charge is 0.478 e. The summed E-state index contributed by atoms with van der Waals surface area (Å²) in [5, 5.41) is 31.2. The van der Waals surface area contributed by atoms with Crippen molar-refractivity contribution in [3.63, 3.8) is 0 Å². The fourth-order valence-electron chi connectivity index (χ4n) is 5.41. The summed E-state index contributed by atoms with van der Waals surface area (Å²) in [4.78, 5) is 39.2. The minimum Gasteiger partial charge on any atom is -0.478 e. The van der Waals surface area contributed by atoms with Crippen molar-refractivity contribution in [2.24, 2.45) is 11.1 Å². The van der Waals surface area contributed by atoms with Crippen molar-refractivity contribution in [2.75, 3.05) is 16.0 Å². The van der Waals surface area contributed by atoms with E-state index in [2.05, 4.69) is 28.5 Å². The molecule has 10 nitrogen and oxygen atoms in total. The van der Waals surface area contributed by atoms with Crippen LogP contribution < -0.4 is 16.0 Å². The minimum atomic E-state index is -1.08. The Labute approximate surface area is 257 Å². The van der Waals surface area contributed by atoms with Crippen LogP contribution in [0, 0.1) is 16.7 Å². The van der Waals surface area contributed by atoms with Crippen LogP contribution in [0.25, 0.3) is 0 Å². The molecule has 1 amide bonds. The molecule has 0 saturated heterocycles. The van der Waals surface area contributed by atoms with Crippen molar-refractivity contribution in [1.29, 1.82) is 5.26 Å². The van der Waals surface area contributed by atoms with E-state index in [-0.39, 0.29) is 39.8 Å². The van der Waals surface area contributed by atoms with Gasteiger partial charge in [-0.05, 0) is 47.6 Å². The lowest BCUT2D eigenvalue weighted by Gasteiger charge is -2.42. The molecule has 1 aliphatic heterocycles. The van der Waals surface area contributed by atoms with E-state index < -0.39 is 11.9 Å². The van der Waals surface area contributed by atoms with Gasteiger partial charge in [0, 0.05) is 23.4 Å². The zero-order chi connectivity index (χ0) is 30.9. The third-order valence-corrected chi connectivity index (χ3v) is 9.45. The zero-order valence-electron chi connectivity index (χ0n) is 23.9. The molecular formula is C31H30N6O4S2. The van der Waals surface area contributed by atoms with Crippen molar-refractivity contribution in [1.82, 2.24) is 10.2 Å². The van der Waals surface area contributed by atoms with E-state index in [1.165, 1.54) is 35.2 Å². The summed E-state index contributed by atoms with van der Waals surface area (Å²) in [5.74, 6) is -1.80. The molecule has 1 aliphatic carbocycles. The van der Waals surface area contributed by atoms with E-state index in [0.29, 0.717) is 39.3 Å². The molecule has 1 atom stereocenters. The van der Waals surface area contributed by atoms with Crippen molar-refractivity contribution >= 4 is 51.6 Å². The molecule has 2 heterocycles. The Hall–Kier alpha value is -4.47. The molecule has 0 fully saturated rings. The van der Waals surface area contributed by atoms with Gasteiger partial charge in [0.1, 0.15) is 5.82 Å². The number of benzene rings is 2. The highest BCUT2D eigenvalue weighted by atomic mass is 32.2. The van der Waals surface area contributed by atoms with Gasteiger partial charge in [-0.25, -0.2) is 4.79 Å². The van der Waals surface area contributed by atoms with Crippen LogP contribution in [-0.4, -0.2) is 38.7 Å². The summed E-state index contributed by atoms with van der Waals surface area (Å²) in [6.45, 7) is 6.13. The Morgan fingerprint density at radius 2 is 1.95 bits per heavy atom. The van der Waals surface area contributed by atoms with Gasteiger partial charge in [0.15, 0.2) is 10.1 Å². The van der Waals surface area contributed by atoms with Crippen LogP contribution in [0.2, 0.25) is 0 Å². The first kappa shape index (κ1) is 30.0. The van der Waals surface area contributed by atoms with Crippen LogP contribution in [0.3, 0.4) is 0 Å². The number of hydrogen-bond acceptors (Lipinski definition) is 10. The number of nitriles is 1. The summed E-state index contributed by atoms with van der Waals surface area (Å²) in [5.41, 5.74) is 10.4. The number of anilines is 2. The lowest BCUT2D eigenvalue weighted by atomic mass is 9.68. The zero-order valence-corrected chi connectivity index (χ0v) is 25.5. The third kappa shape index (κ3) is 6.18. The molecule has 1 aromatic heterocycles. The SMILES string of the molecule is CCc1ccc(C2C(C#N)=C(N)N(c3nnc(SCC(=O)Nc4cccc(C(=O)O)c4)s3)C3=C2C(=O)CC(C)(C)C3)cc1. The molecule has 0 spiro atoms. The lowest BCUT2D eigenvalue weighted by molar-refractivity contribution is -0.118. The maximum atomic E-state index is 13.7. The van der Waals surface area contributed by atoms with Gasteiger partial charge < -0.3 is 16.2 Å². The van der Waals surface area contributed by atoms with Gasteiger partial charge in [-0.3, -0.25) is 14.5 Å². The fourth-order valence-corrected chi connectivity index (χ4v) is 7.09. The fraction of sp³-hybridized carbons (Fsp3) is 0.290. The first-order chi connectivity index (χ1) is 20.5. The topological polar surface area (TPSA) is 162 Å². The number of thioether (sulfide) groups is 1. The van der Waals surface area contributed by atoms with Gasteiger partial charge in [-0.1, -0.05) is 74.2 Å². The molecule has 0 bridgehead atoms. The average Bonchev–Trinajstić information content (AvgIpc) is 3.43. The summed E-state index contributed by atoms with van der Waals surface area (Å²) in [6, 6.07) is 16.2. The summed E-state index contributed by atoms with van der Waals surface area (Å²) in [7, 11) is 0. The molecule has 2 aliphatic rings. The van der Waals surface area contributed by atoms with E-state index in [4.69, 9.17) is 5.73 Å². The number of rotatable bonds is 8. The maximum Gasteiger partial charge on any atom is 0.335 e. The molecule has 43 heavy (non-hydrogen) atoms. The number of hydrogen-bond donors (Lipinski definition) is 3. The van der Waals surface area contributed by atoms with E-state index in [1.807, 2.05) is 38.1 Å². The lowest BCUT2D eigenvalue weighted by Crippen LogP contribution is -2.42. The second kappa shape index (κ2) is 12.0. The second-order valence-electron chi connectivity index (χ2n) is 11.1. The van der Waals surface area contributed by atoms with Crippen molar-refractivity contribution in [3.8, 4) is 6.07 Å². The number of amides is 1. The van der Waals surface area contributed by atoms with Gasteiger partial charge in [-0.15, -0.1) is 10.2 Å². The van der Waals surface area contributed by atoms with Crippen LogP contribution >= 0.6 is 23.1 Å². The number of aromatic carboxylic acids is 1. The molecule has 0 saturated carbocycles. The number of Topliss-reactive ketones (excluding diaryl/α,β-unsaturated/α-hetero) is 1. The standard InChI is InChI=1S/C31H30N6O4S2/c1-4-17-8-10-18(11-9-17)25-21(15-32)27(33)37(22-13-31(2,3)14-23(38)26(22)25)29-35-36-30(43-29)42-16-24(39)34-20-7-5-6-19(12-20)28(40)41/h5-12,25H,4,13-14,16,33H2,1-3H3,(H,34,39)(H,40,41). The number of nitrogens with one attached hydrogen (secondary N) is 1. The number of nitrogens with two attached hydrogens (primary N) is 1. The number of carbonyl (C=O) groups is 3. The minimum absolute atomic E-state index is 0.00991. The van der Waals surface area contributed by atoms with Crippen LogP contribution in [0.15, 0.2) is 75.5 Å². The van der Waals surface area contributed by atoms with Gasteiger partial charge in [0.2, 0.25) is 11.0 Å². The number of aromatic nitrogens is 2. The van der Waals surface area contributed by atoms with E-state index in [1.54, 1.807) is 17.0 Å². The van der Waals surface area contributed by atoms with Gasteiger partial charge in [-0.2, -0.15) is 5.26 Å². The van der Waals surface area contributed by atoms with Gasteiger partial charge >= 0.3 is 5.97 Å². The summed E-state index contributed by atoms with van der Waals surface area (Å²) in [6.07, 6.45) is 1.78. The summed E-state index contributed by atoms with van der Waals surface area (Å²) < 4.78 is 0.497. The molecule has 2 aromatic carbocycles. The van der Waals surface area contributed by atoms with Crippen molar-refractivity contribution in [3.05, 3.63) is 87.9 Å². The number of allylic oxidation sites excluding steroid dienone is 3. The number of ketones is 1. The molecule has 4 N–H and O–H groups in total. The normalized spacial score (nSPS) is 17.9. The number of carboxylic acid groups (broad SMARTS) is 1. The molecule has 0 radical (unpaired) electrons. The Morgan fingerprint density at radius 1 is 1.21 bits per heavy atom. The quantitative estimate of drug-likeness (QED) is 0.277. The van der Waals surface area contributed by atoms with E-state index in [0.717, 1.165) is 17.5 Å². The van der Waals surface area contributed by atoms with Crippen molar-refractivity contribution in [2.45, 2.75) is 50.3 Å². The maximum absolute atomic E-state index is 13.7. The highest BCUT2D eigenvalue weighted by molar-refractivity contribution is 8.01. The predicted octanol–water partition coefficient (Wildman–Crippen LogP) is 5.47. The van der Waals surface area contributed by atoms with Crippen LogP contribution in [0.5, 0.6) is 0 Å². The second-order valence-corrected chi connectivity index (χ2v) is 13.3. The molecule has 12 heteroatoms. The number of carboxylic acids is 1. The van der Waals surface area contributed by atoms with Crippen LogP contribution in [0.1, 0.15) is 61.0 Å². The Bertz CT molecular complexity index is 1720. The smallest absolute Gasteiger partial charge is 0.335 e. The number of nitrogens with zero attached hydrogens (tertiary/aromatic N) is 4.